The molecule has 148 valence electrons. The molecule has 3 nitrogen and oxygen atoms in total. The summed E-state index contributed by atoms with van der Waals surface area (Å²) in [4.78, 5) is 0. The molecule has 3 aromatic carbocycles. The fourth-order valence-electron chi connectivity index (χ4n) is 2.65. The fraction of sp³-hybridized carbons (Fsp3) is 0.0435. The fourth-order valence-corrected chi connectivity index (χ4v) is 5.50. The van der Waals surface area contributed by atoms with E-state index in [4.69, 9.17) is 27.9 Å². The molecule has 0 aliphatic heterocycles. The van der Waals surface area contributed by atoms with Gasteiger partial charge in [0.25, 0.3) is 0 Å². The van der Waals surface area contributed by atoms with E-state index in [2.05, 4.69) is 5.09 Å². The SMILES string of the molecule is COc1ccc(NP(=O)(C=C(Cl)c2ccccc2)C=C(Cl)c2ccccc2)cc1. The number of ether oxygens (including phenoxy) is 1. The Hall–Kier alpha value is -2.45. The van der Waals surface area contributed by atoms with Crippen molar-refractivity contribution in [3.63, 3.8) is 0 Å². The van der Waals surface area contributed by atoms with Crippen molar-refractivity contribution in [2.75, 3.05) is 12.2 Å². The lowest BCUT2D eigenvalue weighted by molar-refractivity contribution is 0.415. The maximum atomic E-state index is 13.8. The van der Waals surface area contributed by atoms with Crippen LogP contribution in [0.15, 0.2) is 96.6 Å². The molecule has 29 heavy (non-hydrogen) atoms. The molecule has 0 spiro atoms. The number of rotatable bonds is 7. The van der Waals surface area contributed by atoms with Crippen LogP contribution in [-0.4, -0.2) is 7.11 Å². The quantitative estimate of drug-likeness (QED) is 0.377. The molecule has 3 aromatic rings. The maximum absolute atomic E-state index is 13.8. The van der Waals surface area contributed by atoms with Crippen LogP contribution in [0.3, 0.4) is 0 Å². The molecule has 0 unspecified atom stereocenters. The highest BCUT2D eigenvalue weighted by molar-refractivity contribution is 7.72. The molecule has 0 amide bonds. The largest absolute Gasteiger partial charge is 0.497 e. The van der Waals surface area contributed by atoms with Crippen molar-refractivity contribution in [2.45, 2.75) is 0 Å². The molecule has 0 fully saturated rings. The van der Waals surface area contributed by atoms with Gasteiger partial charge in [0.2, 0.25) is 7.29 Å². The Morgan fingerprint density at radius 3 is 1.66 bits per heavy atom. The van der Waals surface area contributed by atoms with Crippen molar-refractivity contribution in [1.29, 1.82) is 0 Å². The first-order valence-electron chi connectivity index (χ1n) is 8.88. The monoisotopic (exact) mass is 443 g/mol. The van der Waals surface area contributed by atoms with Gasteiger partial charge in [-0.25, -0.2) is 0 Å². The van der Waals surface area contributed by atoms with Gasteiger partial charge in [0.05, 0.1) is 17.2 Å². The smallest absolute Gasteiger partial charge is 0.216 e. The van der Waals surface area contributed by atoms with Gasteiger partial charge >= 0.3 is 0 Å². The third-order valence-electron chi connectivity index (χ3n) is 4.10. The molecule has 0 aliphatic rings. The van der Waals surface area contributed by atoms with E-state index in [1.54, 1.807) is 31.4 Å². The van der Waals surface area contributed by atoms with Crippen LogP contribution in [0.1, 0.15) is 11.1 Å². The number of methoxy groups -OCH3 is 1. The zero-order valence-electron chi connectivity index (χ0n) is 15.8. The van der Waals surface area contributed by atoms with E-state index in [0.717, 1.165) is 11.1 Å². The van der Waals surface area contributed by atoms with Crippen molar-refractivity contribution in [1.82, 2.24) is 0 Å². The number of halogens is 2. The van der Waals surface area contributed by atoms with Gasteiger partial charge in [0.1, 0.15) is 5.75 Å². The molecule has 0 radical (unpaired) electrons. The van der Waals surface area contributed by atoms with Crippen LogP contribution < -0.4 is 9.82 Å². The summed E-state index contributed by atoms with van der Waals surface area (Å²) in [6.45, 7) is 0. The third kappa shape index (κ3) is 6.01. The first-order chi connectivity index (χ1) is 14.0. The average Bonchev–Trinajstić information content (AvgIpc) is 2.75. The minimum atomic E-state index is -3.29. The number of hydrogen-bond acceptors (Lipinski definition) is 2. The lowest BCUT2D eigenvalue weighted by Gasteiger charge is -2.16. The first-order valence-corrected chi connectivity index (χ1v) is 11.5. The summed E-state index contributed by atoms with van der Waals surface area (Å²) in [7, 11) is -1.69. The summed E-state index contributed by atoms with van der Waals surface area (Å²) in [6.07, 6.45) is 0. The third-order valence-corrected chi connectivity index (χ3v) is 6.95. The minimum Gasteiger partial charge on any atom is -0.497 e. The van der Waals surface area contributed by atoms with Gasteiger partial charge in [-0.15, -0.1) is 0 Å². The molecular weight excluding hydrogens is 424 g/mol. The summed E-state index contributed by atoms with van der Waals surface area (Å²) >= 11 is 13.0. The van der Waals surface area contributed by atoms with Crippen molar-refractivity contribution >= 4 is 46.2 Å². The van der Waals surface area contributed by atoms with E-state index in [9.17, 15) is 4.57 Å². The van der Waals surface area contributed by atoms with Gasteiger partial charge in [0.15, 0.2) is 0 Å². The van der Waals surface area contributed by atoms with E-state index in [-0.39, 0.29) is 0 Å². The second-order valence-electron chi connectivity index (χ2n) is 6.24. The predicted molar refractivity (Wildman–Crippen MR) is 125 cm³/mol. The van der Waals surface area contributed by atoms with Crippen molar-refractivity contribution in [2.24, 2.45) is 0 Å². The molecule has 0 saturated heterocycles. The Balaban J connectivity index is 2.01. The molecule has 0 atom stereocenters. The van der Waals surface area contributed by atoms with E-state index in [1.807, 2.05) is 60.7 Å². The normalized spacial score (nSPS) is 14.2. The highest BCUT2D eigenvalue weighted by Gasteiger charge is 2.19. The van der Waals surface area contributed by atoms with Crippen LogP contribution in [-0.2, 0) is 4.57 Å². The Morgan fingerprint density at radius 1 is 0.793 bits per heavy atom. The Morgan fingerprint density at radius 2 is 1.24 bits per heavy atom. The van der Waals surface area contributed by atoms with Crippen molar-refractivity contribution < 1.29 is 9.30 Å². The zero-order valence-corrected chi connectivity index (χ0v) is 18.2. The van der Waals surface area contributed by atoms with Gasteiger partial charge in [-0.3, -0.25) is 4.57 Å². The van der Waals surface area contributed by atoms with Crippen LogP contribution in [0.25, 0.3) is 10.1 Å². The van der Waals surface area contributed by atoms with Crippen LogP contribution in [0, 0.1) is 0 Å². The second-order valence-corrected chi connectivity index (χ2v) is 9.21. The van der Waals surface area contributed by atoms with E-state index < -0.39 is 7.29 Å². The number of nitrogens with one attached hydrogen (secondary N) is 1. The average molecular weight is 444 g/mol. The molecular formula is C23H20Cl2NO2P. The van der Waals surface area contributed by atoms with E-state index >= 15 is 0 Å². The van der Waals surface area contributed by atoms with Crippen LogP contribution >= 0.6 is 30.5 Å². The number of hydrogen-bond donors (Lipinski definition) is 1. The summed E-state index contributed by atoms with van der Waals surface area (Å²) in [5.41, 5.74) is 2.21. The van der Waals surface area contributed by atoms with Gasteiger partial charge in [0, 0.05) is 17.3 Å². The highest BCUT2D eigenvalue weighted by atomic mass is 35.5. The molecule has 0 bridgehead atoms. The summed E-state index contributed by atoms with van der Waals surface area (Å²) < 4.78 is 19.0. The highest BCUT2D eigenvalue weighted by Crippen LogP contribution is 2.53. The predicted octanol–water partition coefficient (Wildman–Crippen LogP) is 7.86. The molecule has 6 heteroatoms. The van der Waals surface area contributed by atoms with Crippen LogP contribution in [0.4, 0.5) is 5.69 Å². The topological polar surface area (TPSA) is 38.3 Å². The second kappa shape index (κ2) is 9.84. The first kappa shape index (κ1) is 21.3. The van der Waals surface area contributed by atoms with Gasteiger partial charge in [-0.2, -0.15) is 0 Å². The minimum absolute atomic E-state index is 0.378. The zero-order chi connectivity index (χ0) is 20.7. The lowest BCUT2D eigenvalue weighted by Crippen LogP contribution is -1.94. The van der Waals surface area contributed by atoms with Crippen molar-refractivity contribution in [3.05, 3.63) is 108 Å². The van der Waals surface area contributed by atoms with Gasteiger partial charge in [-0.1, -0.05) is 83.9 Å². The standard InChI is InChI=1S/C23H20Cl2NO2P/c1-28-21-14-12-20(13-15-21)26-29(27,16-22(24)18-8-4-2-5-9-18)17-23(25)19-10-6-3-7-11-19/h2-17H,1H3,(H,26,27). The molecule has 0 heterocycles. The van der Waals surface area contributed by atoms with Gasteiger partial charge < -0.3 is 9.82 Å². The molecule has 0 aromatic heterocycles. The molecule has 0 saturated carbocycles. The molecule has 3 rings (SSSR count). The van der Waals surface area contributed by atoms with Gasteiger partial charge in [-0.05, 0) is 35.4 Å². The number of anilines is 1. The molecule has 0 aliphatic carbocycles. The Kier molecular flexibility index (Phi) is 7.22. The Bertz CT molecular complexity index is 990. The van der Waals surface area contributed by atoms with E-state index in [0.29, 0.717) is 21.5 Å². The lowest BCUT2D eigenvalue weighted by atomic mass is 10.2. The Labute approximate surface area is 181 Å². The van der Waals surface area contributed by atoms with Crippen LogP contribution in [0.5, 0.6) is 5.75 Å². The van der Waals surface area contributed by atoms with Crippen molar-refractivity contribution in [3.8, 4) is 5.75 Å². The summed E-state index contributed by atoms with van der Waals surface area (Å²) in [5.74, 6) is 3.76. The summed E-state index contributed by atoms with van der Waals surface area (Å²) in [5, 5.41) is 3.84. The summed E-state index contributed by atoms with van der Waals surface area (Å²) in [6, 6.07) is 25.9. The van der Waals surface area contributed by atoms with E-state index in [1.165, 1.54) is 11.6 Å². The number of benzene rings is 3. The maximum Gasteiger partial charge on any atom is 0.216 e. The van der Waals surface area contributed by atoms with Crippen LogP contribution in [0.2, 0.25) is 0 Å². The molecule has 1 N–H and O–H groups in total.